The molecule has 0 aromatic heterocycles. The fourth-order valence-corrected chi connectivity index (χ4v) is 5.34. The summed E-state index contributed by atoms with van der Waals surface area (Å²) in [6, 6.07) is 18.2. The molecule has 0 aliphatic carbocycles. The molecule has 1 aliphatic heterocycles. The molecule has 0 unspecified atom stereocenters. The number of esters is 1. The van der Waals surface area contributed by atoms with E-state index in [1.54, 1.807) is 24.3 Å². The quantitative estimate of drug-likeness (QED) is 0.519. The molecule has 0 spiro atoms. The van der Waals surface area contributed by atoms with Crippen LogP contribution in [0.3, 0.4) is 0 Å². The number of carbonyl (C=O) groups excluding carboxylic acids is 2. The molecule has 0 bridgehead atoms. The molecule has 3 aromatic carbocycles. The van der Waals surface area contributed by atoms with Crippen LogP contribution in [-0.2, 0) is 26.0 Å². The lowest BCUT2D eigenvalue weighted by molar-refractivity contribution is -0.119. The number of amides is 1. The van der Waals surface area contributed by atoms with E-state index >= 15 is 0 Å². The number of nitrogens with zero attached hydrogens (tertiary/aromatic N) is 1. The van der Waals surface area contributed by atoms with Crippen LogP contribution in [0.25, 0.3) is 0 Å². The Morgan fingerprint density at radius 3 is 2.62 bits per heavy atom. The van der Waals surface area contributed by atoms with Crippen molar-refractivity contribution in [3.05, 3.63) is 83.4 Å². The summed E-state index contributed by atoms with van der Waals surface area (Å²) in [5.74, 6) is -0.869. The SMILES string of the molecule is COc1ccc(C)cc1NC(=O)COC(=O)c1cccc(S(=O)(=O)N2CCc3ccccc32)c1. The van der Waals surface area contributed by atoms with Crippen LogP contribution >= 0.6 is 0 Å². The second-order valence-electron chi connectivity index (χ2n) is 7.81. The molecule has 34 heavy (non-hydrogen) atoms. The van der Waals surface area contributed by atoms with E-state index in [4.69, 9.17) is 9.47 Å². The number of nitrogens with one attached hydrogen (secondary N) is 1. The summed E-state index contributed by atoms with van der Waals surface area (Å²) in [5.41, 5.74) is 3.01. The van der Waals surface area contributed by atoms with Gasteiger partial charge in [-0.2, -0.15) is 0 Å². The maximum absolute atomic E-state index is 13.2. The lowest BCUT2D eigenvalue weighted by atomic mass is 10.2. The first kappa shape index (κ1) is 23.3. The number of hydrogen-bond acceptors (Lipinski definition) is 6. The number of sulfonamides is 1. The van der Waals surface area contributed by atoms with E-state index < -0.39 is 28.5 Å². The van der Waals surface area contributed by atoms with Crippen molar-refractivity contribution in [3.63, 3.8) is 0 Å². The van der Waals surface area contributed by atoms with Crippen molar-refractivity contribution in [1.29, 1.82) is 0 Å². The van der Waals surface area contributed by atoms with E-state index in [1.807, 2.05) is 25.1 Å². The first-order valence-electron chi connectivity index (χ1n) is 10.6. The minimum Gasteiger partial charge on any atom is -0.495 e. The molecule has 9 heteroatoms. The molecule has 0 saturated heterocycles. The highest BCUT2D eigenvalue weighted by Gasteiger charge is 2.31. The Bertz CT molecular complexity index is 1350. The Labute approximate surface area is 198 Å². The summed E-state index contributed by atoms with van der Waals surface area (Å²) in [5, 5.41) is 2.65. The van der Waals surface area contributed by atoms with Crippen LogP contribution in [0, 0.1) is 6.92 Å². The van der Waals surface area contributed by atoms with Crippen molar-refractivity contribution in [3.8, 4) is 5.75 Å². The van der Waals surface area contributed by atoms with Crippen molar-refractivity contribution in [1.82, 2.24) is 0 Å². The second kappa shape index (κ2) is 9.56. The van der Waals surface area contributed by atoms with Gasteiger partial charge in [-0.3, -0.25) is 9.10 Å². The molecule has 0 radical (unpaired) electrons. The van der Waals surface area contributed by atoms with Crippen molar-refractivity contribution >= 4 is 33.3 Å². The molecular formula is C25H24N2O6S. The number of para-hydroxylation sites is 1. The number of hydrogen-bond donors (Lipinski definition) is 1. The van der Waals surface area contributed by atoms with Crippen molar-refractivity contribution in [2.24, 2.45) is 0 Å². The summed E-state index contributed by atoms with van der Waals surface area (Å²) >= 11 is 0. The minimum absolute atomic E-state index is 0.0207. The summed E-state index contributed by atoms with van der Waals surface area (Å²) in [7, 11) is -2.37. The molecule has 0 saturated carbocycles. The van der Waals surface area contributed by atoms with Gasteiger partial charge in [0.05, 0.1) is 28.9 Å². The topological polar surface area (TPSA) is 102 Å². The molecule has 3 aromatic rings. The zero-order valence-electron chi connectivity index (χ0n) is 18.8. The number of aryl methyl sites for hydroxylation is 1. The third kappa shape index (κ3) is 4.74. The van der Waals surface area contributed by atoms with E-state index in [1.165, 1.54) is 35.7 Å². The van der Waals surface area contributed by atoms with Gasteiger partial charge in [0.25, 0.3) is 15.9 Å². The predicted molar refractivity (Wildman–Crippen MR) is 128 cm³/mol. The second-order valence-corrected chi connectivity index (χ2v) is 9.67. The monoisotopic (exact) mass is 480 g/mol. The van der Waals surface area contributed by atoms with Crippen LogP contribution in [0.5, 0.6) is 5.75 Å². The lowest BCUT2D eigenvalue weighted by Gasteiger charge is -2.19. The molecule has 0 fully saturated rings. The van der Waals surface area contributed by atoms with Gasteiger partial charge in [-0.1, -0.05) is 30.3 Å². The van der Waals surface area contributed by atoms with Gasteiger partial charge in [0, 0.05) is 6.54 Å². The van der Waals surface area contributed by atoms with E-state index in [-0.39, 0.29) is 10.5 Å². The molecule has 1 heterocycles. The van der Waals surface area contributed by atoms with Gasteiger partial charge in [0.1, 0.15) is 5.75 Å². The fraction of sp³-hybridized carbons (Fsp3) is 0.200. The van der Waals surface area contributed by atoms with Crippen LogP contribution in [-0.4, -0.2) is 40.6 Å². The summed E-state index contributed by atoms with van der Waals surface area (Å²) in [4.78, 5) is 24.8. The number of rotatable bonds is 7. The average molecular weight is 481 g/mol. The summed E-state index contributed by atoms with van der Waals surface area (Å²) in [6.07, 6.45) is 0.623. The summed E-state index contributed by atoms with van der Waals surface area (Å²) < 4.78 is 38.1. The van der Waals surface area contributed by atoms with Crippen LogP contribution in [0.1, 0.15) is 21.5 Å². The van der Waals surface area contributed by atoms with Crippen molar-refractivity contribution in [2.75, 3.05) is 29.9 Å². The van der Waals surface area contributed by atoms with E-state index in [0.717, 1.165) is 11.1 Å². The number of anilines is 2. The molecular weight excluding hydrogens is 456 g/mol. The number of benzene rings is 3. The molecule has 1 amide bonds. The highest BCUT2D eigenvalue weighted by atomic mass is 32.2. The molecule has 8 nitrogen and oxygen atoms in total. The van der Waals surface area contributed by atoms with Crippen LogP contribution in [0.15, 0.2) is 71.6 Å². The van der Waals surface area contributed by atoms with Crippen molar-refractivity contribution < 1.29 is 27.5 Å². The Balaban J connectivity index is 1.44. The van der Waals surface area contributed by atoms with Gasteiger partial charge >= 0.3 is 5.97 Å². The smallest absolute Gasteiger partial charge is 0.338 e. The first-order valence-corrected chi connectivity index (χ1v) is 12.1. The Kier molecular flexibility index (Phi) is 6.56. The van der Waals surface area contributed by atoms with Gasteiger partial charge in [0.15, 0.2) is 6.61 Å². The maximum Gasteiger partial charge on any atom is 0.338 e. The molecule has 4 rings (SSSR count). The van der Waals surface area contributed by atoms with Crippen molar-refractivity contribution in [2.45, 2.75) is 18.2 Å². The number of ether oxygens (including phenoxy) is 2. The Hall–Kier alpha value is -3.85. The van der Waals surface area contributed by atoms with Crippen LogP contribution in [0.2, 0.25) is 0 Å². The number of fused-ring (bicyclic) bond motifs is 1. The van der Waals surface area contributed by atoms with Crippen LogP contribution in [0.4, 0.5) is 11.4 Å². The largest absolute Gasteiger partial charge is 0.495 e. The zero-order chi connectivity index (χ0) is 24.3. The lowest BCUT2D eigenvalue weighted by Crippen LogP contribution is -2.29. The maximum atomic E-state index is 13.2. The van der Waals surface area contributed by atoms with Gasteiger partial charge in [0.2, 0.25) is 0 Å². The van der Waals surface area contributed by atoms with E-state index in [0.29, 0.717) is 30.1 Å². The number of methoxy groups -OCH3 is 1. The summed E-state index contributed by atoms with van der Waals surface area (Å²) in [6.45, 7) is 1.67. The Morgan fingerprint density at radius 1 is 1.03 bits per heavy atom. The van der Waals surface area contributed by atoms with E-state index in [9.17, 15) is 18.0 Å². The van der Waals surface area contributed by atoms with Gasteiger partial charge in [-0.05, 0) is 60.9 Å². The third-order valence-electron chi connectivity index (χ3n) is 5.47. The normalized spacial score (nSPS) is 12.7. The Morgan fingerprint density at radius 2 is 1.82 bits per heavy atom. The standard InChI is InChI=1S/C25H24N2O6S/c1-17-10-11-23(32-2)21(14-17)26-24(28)16-33-25(29)19-7-5-8-20(15-19)34(30,31)27-13-12-18-6-3-4-9-22(18)27/h3-11,14-15H,12-13,16H2,1-2H3,(H,26,28). The fourth-order valence-electron chi connectivity index (χ4n) is 3.79. The highest BCUT2D eigenvalue weighted by Crippen LogP contribution is 2.32. The van der Waals surface area contributed by atoms with Gasteiger partial charge in [-0.25, -0.2) is 13.2 Å². The molecule has 0 atom stereocenters. The first-order chi connectivity index (χ1) is 16.3. The van der Waals surface area contributed by atoms with Gasteiger partial charge < -0.3 is 14.8 Å². The highest BCUT2D eigenvalue weighted by molar-refractivity contribution is 7.92. The molecule has 176 valence electrons. The predicted octanol–water partition coefficient (Wildman–Crippen LogP) is 3.55. The average Bonchev–Trinajstić information content (AvgIpc) is 3.28. The number of carbonyl (C=O) groups is 2. The molecule has 1 aliphatic rings. The third-order valence-corrected chi connectivity index (χ3v) is 7.27. The van der Waals surface area contributed by atoms with Gasteiger partial charge in [-0.15, -0.1) is 0 Å². The zero-order valence-corrected chi connectivity index (χ0v) is 19.6. The molecule has 1 N–H and O–H groups in total. The van der Waals surface area contributed by atoms with Crippen LogP contribution < -0.4 is 14.4 Å². The van der Waals surface area contributed by atoms with E-state index in [2.05, 4.69) is 5.32 Å². The minimum atomic E-state index is -3.86.